The number of halogens is 1. The Kier molecular flexibility index (Phi) is 4.41. The maximum Gasteiger partial charge on any atom is 0.154 e. The zero-order chi connectivity index (χ0) is 16.5. The zero-order valence-electron chi connectivity index (χ0n) is 13.8. The first-order valence-electron chi connectivity index (χ1n) is 8.62. The van der Waals surface area contributed by atoms with Gasteiger partial charge in [0.1, 0.15) is 11.7 Å². The quantitative estimate of drug-likeness (QED) is 0.852. The summed E-state index contributed by atoms with van der Waals surface area (Å²) in [6, 6.07) is 0. The molecule has 0 aliphatic carbocycles. The fourth-order valence-corrected chi connectivity index (χ4v) is 3.84. The molecule has 24 heavy (non-hydrogen) atoms. The van der Waals surface area contributed by atoms with Crippen LogP contribution in [0.5, 0.6) is 0 Å². The summed E-state index contributed by atoms with van der Waals surface area (Å²) in [5, 5.41) is 4.01. The number of hydrogen-bond donors (Lipinski definition) is 1. The molecule has 0 aromatic carbocycles. The van der Waals surface area contributed by atoms with Gasteiger partial charge in [-0.1, -0.05) is 11.6 Å². The Labute approximate surface area is 147 Å². The average molecular weight is 348 g/mol. The Balaban J connectivity index is 1.49. The average Bonchev–Trinajstić information content (AvgIpc) is 3.22. The maximum atomic E-state index is 6.17. The number of aliphatic imine (C=N–C) groups is 3. The molecular formula is C17H22ClN5O. The fraction of sp³-hybridized carbons (Fsp3) is 0.588. The van der Waals surface area contributed by atoms with E-state index in [1.165, 1.54) is 0 Å². The molecule has 4 rings (SSSR count). The largest absolute Gasteiger partial charge is 0.377 e. The van der Waals surface area contributed by atoms with Gasteiger partial charge in [-0.3, -0.25) is 4.99 Å². The predicted octanol–water partition coefficient (Wildman–Crippen LogP) is 2.28. The third kappa shape index (κ3) is 3.00. The van der Waals surface area contributed by atoms with E-state index < -0.39 is 0 Å². The lowest BCUT2D eigenvalue weighted by Crippen LogP contribution is -2.34. The molecule has 1 N–H and O–H groups in total. The standard InChI is InChI=1S/C17H22ClN5O/c1-2-24-12-4-6-23(10-12)15-3-5-19-17(22-15)14-9-21-16-13(14)7-11(18)8-20-16/h8-9,12-13H,2-7,10H2,1H3,(H,20,21). The van der Waals surface area contributed by atoms with Crippen LogP contribution in [0, 0.1) is 5.92 Å². The number of nitrogens with one attached hydrogen (secondary N) is 1. The zero-order valence-corrected chi connectivity index (χ0v) is 14.6. The van der Waals surface area contributed by atoms with Crippen molar-refractivity contribution in [3.8, 4) is 0 Å². The lowest BCUT2D eigenvalue weighted by Gasteiger charge is -2.24. The highest BCUT2D eigenvalue weighted by molar-refractivity contribution is 6.30. The lowest BCUT2D eigenvalue weighted by atomic mass is 9.95. The van der Waals surface area contributed by atoms with Crippen molar-refractivity contribution in [2.75, 3.05) is 26.2 Å². The second-order valence-electron chi connectivity index (χ2n) is 6.39. The SMILES string of the molecule is CCOC1CCN(C2=NC(C3=CNC4=NC=C(Cl)CC34)=NCC2)C1. The van der Waals surface area contributed by atoms with Crippen molar-refractivity contribution in [2.45, 2.75) is 32.3 Å². The maximum absolute atomic E-state index is 6.17. The molecule has 0 bridgehead atoms. The first-order valence-corrected chi connectivity index (χ1v) is 9.00. The summed E-state index contributed by atoms with van der Waals surface area (Å²) < 4.78 is 5.75. The Morgan fingerprint density at radius 2 is 2.38 bits per heavy atom. The highest BCUT2D eigenvalue weighted by atomic mass is 35.5. The van der Waals surface area contributed by atoms with E-state index in [0.29, 0.717) is 6.10 Å². The highest BCUT2D eigenvalue weighted by Gasteiger charge is 2.33. The summed E-state index contributed by atoms with van der Waals surface area (Å²) in [7, 11) is 0. The Morgan fingerprint density at radius 3 is 3.25 bits per heavy atom. The molecule has 0 aromatic heterocycles. The third-order valence-corrected chi connectivity index (χ3v) is 5.08. The first-order chi connectivity index (χ1) is 11.7. The summed E-state index contributed by atoms with van der Waals surface area (Å²) >= 11 is 6.17. The first kappa shape index (κ1) is 15.8. The minimum atomic E-state index is 0.152. The molecule has 4 aliphatic heterocycles. The topological polar surface area (TPSA) is 61.6 Å². The molecule has 2 unspecified atom stereocenters. The van der Waals surface area contributed by atoms with Crippen LogP contribution >= 0.6 is 11.6 Å². The van der Waals surface area contributed by atoms with Crippen molar-refractivity contribution in [1.29, 1.82) is 0 Å². The summed E-state index contributed by atoms with van der Waals surface area (Å²) in [4.78, 5) is 16.2. The molecule has 0 saturated carbocycles. The molecule has 7 heteroatoms. The third-order valence-electron chi connectivity index (χ3n) is 4.83. The molecule has 4 heterocycles. The second-order valence-corrected chi connectivity index (χ2v) is 6.87. The smallest absolute Gasteiger partial charge is 0.154 e. The number of likely N-dealkylation sites (tertiary alicyclic amines) is 1. The molecule has 0 spiro atoms. The van der Waals surface area contributed by atoms with E-state index in [9.17, 15) is 0 Å². The summed E-state index contributed by atoms with van der Waals surface area (Å²) in [5.41, 5.74) is 1.10. The molecule has 1 fully saturated rings. The van der Waals surface area contributed by atoms with E-state index in [2.05, 4.69) is 20.2 Å². The van der Waals surface area contributed by atoms with Gasteiger partial charge in [0.15, 0.2) is 5.84 Å². The van der Waals surface area contributed by atoms with Crippen molar-refractivity contribution in [1.82, 2.24) is 10.2 Å². The van der Waals surface area contributed by atoms with Crippen molar-refractivity contribution in [3.05, 3.63) is 23.0 Å². The molecule has 0 amide bonds. The van der Waals surface area contributed by atoms with E-state index in [1.54, 1.807) is 6.20 Å². The van der Waals surface area contributed by atoms with Gasteiger partial charge < -0.3 is 15.0 Å². The monoisotopic (exact) mass is 347 g/mol. The second kappa shape index (κ2) is 6.69. The molecule has 128 valence electrons. The Morgan fingerprint density at radius 1 is 1.46 bits per heavy atom. The van der Waals surface area contributed by atoms with E-state index in [0.717, 1.165) is 73.6 Å². The van der Waals surface area contributed by atoms with Crippen LogP contribution in [0.25, 0.3) is 0 Å². The van der Waals surface area contributed by atoms with Gasteiger partial charge in [0.2, 0.25) is 0 Å². The highest BCUT2D eigenvalue weighted by Crippen LogP contribution is 2.32. The van der Waals surface area contributed by atoms with E-state index in [-0.39, 0.29) is 5.92 Å². The molecule has 1 saturated heterocycles. The summed E-state index contributed by atoms with van der Waals surface area (Å²) in [6.07, 6.45) is 6.75. The molecule has 6 nitrogen and oxygen atoms in total. The van der Waals surface area contributed by atoms with Crippen LogP contribution in [0.15, 0.2) is 38.0 Å². The summed E-state index contributed by atoms with van der Waals surface area (Å²) in [5.74, 6) is 3.05. The molecule has 4 aliphatic rings. The van der Waals surface area contributed by atoms with Crippen molar-refractivity contribution < 1.29 is 4.74 Å². The number of hydrogen-bond acceptors (Lipinski definition) is 6. The van der Waals surface area contributed by atoms with Crippen LogP contribution in [0.2, 0.25) is 0 Å². The minimum Gasteiger partial charge on any atom is -0.377 e. The van der Waals surface area contributed by atoms with Crippen LogP contribution in [0.3, 0.4) is 0 Å². The normalized spacial score (nSPS) is 29.2. The molecule has 0 radical (unpaired) electrons. The number of allylic oxidation sites excluding steroid dienone is 1. The van der Waals surface area contributed by atoms with Gasteiger partial charge in [0.25, 0.3) is 0 Å². The van der Waals surface area contributed by atoms with Crippen molar-refractivity contribution in [3.63, 3.8) is 0 Å². The number of fused-ring (bicyclic) bond motifs is 1. The van der Waals surface area contributed by atoms with Gasteiger partial charge in [-0.2, -0.15) is 0 Å². The van der Waals surface area contributed by atoms with Crippen molar-refractivity contribution >= 4 is 29.1 Å². The lowest BCUT2D eigenvalue weighted by molar-refractivity contribution is 0.0731. The molecule has 2 atom stereocenters. The fourth-order valence-electron chi connectivity index (χ4n) is 3.64. The molecule has 0 aromatic rings. The van der Waals surface area contributed by atoms with E-state index in [1.807, 2.05) is 13.1 Å². The number of ether oxygens (including phenoxy) is 1. The van der Waals surface area contributed by atoms with Gasteiger partial charge >= 0.3 is 0 Å². The van der Waals surface area contributed by atoms with Crippen LogP contribution in [-0.4, -0.2) is 54.8 Å². The van der Waals surface area contributed by atoms with E-state index >= 15 is 0 Å². The number of rotatable bonds is 3. The van der Waals surface area contributed by atoms with Crippen LogP contribution < -0.4 is 5.32 Å². The number of nitrogens with zero attached hydrogens (tertiary/aromatic N) is 4. The van der Waals surface area contributed by atoms with E-state index in [4.69, 9.17) is 21.3 Å². The van der Waals surface area contributed by atoms with Gasteiger partial charge in [-0.25, -0.2) is 9.98 Å². The molecular weight excluding hydrogens is 326 g/mol. The predicted molar refractivity (Wildman–Crippen MR) is 96.7 cm³/mol. The van der Waals surface area contributed by atoms with Crippen LogP contribution in [0.1, 0.15) is 26.2 Å². The minimum absolute atomic E-state index is 0.152. The van der Waals surface area contributed by atoms with Gasteiger partial charge in [-0.05, 0) is 19.8 Å². The number of amidine groups is 3. The van der Waals surface area contributed by atoms with Crippen LogP contribution in [-0.2, 0) is 4.74 Å². The van der Waals surface area contributed by atoms with Gasteiger partial charge in [0.05, 0.1) is 12.0 Å². The van der Waals surface area contributed by atoms with Crippen LogP contribution in [0.4, 0.5) is 0 Å². The summed E-state index contributed by atoms with van der Waals surface area (Å²) in [6.45, 7) is 5.55. The Bertz CT molecular complexity index is 678. The van der Waals surface area contributed by atoms with Gasteiger partial charge in [-0.15, -0.1) is 0 Å². The van der Waals surface area contributed by atoms with Gasteiger partial charge in [0, 0.05) is 55.7 Å². The van der Waals surface area contributed by atoms with Crippen molar-refractivity contribution in [2.24, 2.45) is 20.9 Å². The Hall–Kier alpha value is -1.66.